The minimum Gasteiger partial charge on any atom is -0.463 e. The molecule has 0 aliphatic rings. The van der Waals surface area contributed by atoms with Crippen molar-refractivity contribution in [1.29, 1.82) is 0 Å². The van der Waals surface area contributed by atoms with E-state index in [-0.39, 0.29) is 5.91 Å². The number of H-pyrrole nitrogens is 1. The van der Waals surface area contributed by atoms with Gasteiger partial charge in [0.2, 0.25) is 0 Å². The normalized spacial score (nSPS) is 10.8. The van der Waals surface area contributed by atoms with E-state index in [4.69, 9.17) is 16.0 Å². The third-order valence-corrected chi connectivity index (χ3v) is 3.24. The highest BCUT2D eigenvalue weighted by atomic mass is 35.5. The van der Waals surface area contributed by atoms with Crippen molar-refractivity contribution in [2.24, 2.45) is 0 Å². The number of hydrogen-bond donors (Lipinski definition) is 2. The zero-order chi connectivity index (χ0) is 15.4. The first kappa shape index (κ1) is 14.4. The van der Waals surface area contributed by atoms with Crippen molar-refractivity contribution in [3.05, 3.63) is 47.6 Å². The minimum atomic E-state index is -0.229. The summed E-state index contributed by atoms with van der Waals surface area (Å²) >= 11 is 5.78. The summed E-state index contributed by atoms with van der Waals surface area (Å²) in [7, 11) is 0. The zero-order valence-electron chi connectivity index (χ0n) is 11.6. The molecule has 22 heavy (non-hydrogen) atoms. The molecule has 114 valence electrons. The molecule has 0 saturated carbocycles. The van der Waals surface area contributed by atoms with Gasteiger partial charge in [0.1, 0.15) is 5.69 Å². The number of aromatic nitrogens is 4. The van der Waals surface area contributed by atoms with E-state index in [9.17, 15) is 4.79 Å². The van der Waals surface area contributed by atoms with Crippen LogP contribution in [0, 0.1) is 0 Å². The van der Waals surface area contributed by atoms with Crippen LogP contribution in [0.4, 0.5) is 0 Å². The lowest BCUT2D eigenvalue weighted by Gasteiger charge is -2.03. The Morgan fingerprint density at radius 3 is 3.14 bits per heavy atom. The van der Waals surface area contributed by atoms with E-state index < -0.39 is 0 Å². The number of furan rings is 1. The number of nitrogens with zero attached hydrogens (tertiary/aromatic N) is 3. The van der Waals surface area contributed by atoms with Crippen molar-refractivity contribution in [2.75, 3.05) is 6.54 Å². The van der Waals surface area contributed by atoms with E-state index in [1.54, 1.807) is 41.5 Å². The molecule has 0 aromatic carbocycles. The van der Waals surface area contributed by atoms with Gasteiger partial charge in [0.25, 0.3) is 5.91 Å². The van der Waals surface area contributed by atoms with Crippen LogP contribution in [0.5, 0.6) is 0 Å². The number of carbonyl (C=O) groups is 1. The zero-order valence-corrected chi connectivity index (χ0v) is 12.4. The average Bonchev–Trinajstić information content (AvgIpc) is 3.23. The second-order valence-electron chi connectivity index (χ2n) is 4.68. The molecule has 7 nitrogen and oxygen atoms in total. The summed E-state index contributed by atoms with van der Waals surface area (Å²) in [6.45, 7) is 1.21. The smallest absolute Gasteiger partial charge is 0.271 e. The Hall–Kier alpha value is -2.54. The third kappa shape index (κ3) is 3.37. The molecule has 0 saturated heterocycles. The first-order valence-electron chi connectivity index (χ1n) is 6.78. The van der Waals surface area contributed by atoms with Crippen LogP contribution in [0.25, 0.3) is 11.5 Å². The lowest BCUT2D eigenvalue weighted by Crippen LogP contribution is -2.25. The maximum atomic E-state index is 12.0. The number of nitrogens with one attached hydrogen (secondary N) is 2. The van der Waals surface area contributed by atoms with Crippen molar-refractivity contribution in [2.45, 2.75) is 13.0 Å². The number of halogens is 1. The Bertz CT molecular complexity index is 747. The van der Waals surface area contributed by atoms with Crippen molar-refractivity contribution < 1.29 is 9.21 Å². The molecular formula is C14H14ClN5O2. The number of aryl methyl sites for hydroxylation is 1. The van der Waals surface area contributed by atoms with E-state index in [1.807, 2.05) is 0 Å². The SMILES string of the molecule is O=C(NCCCn1cc(Cl)cn1)c1cc(-c2ccco2)[nH]n1. The molecule has 3 aromatic rings. The van der Waals surface area contributed by atoms with Crippen LogP contribution in [0.15, 0.2) is 41.3 Å². The lowest BCUT2D eigenvalue weighted by atomic mass is 10.3. The number of rotatable bonds is 6. The molecule has 0 spiro atoms. The molecule has 0 atom stereocenters. The fourth-order valence-corrected chi connectivity index (χ4v) is 2.15. The van der Waals surface area contributed by atoms with Gasteiger partial charge in [0, 0.05) is 25.4 Å². The van der Waals surface area contributed by atoms with Crippen LogP contribution in [-0.4, -0.2) is 32.4 Å². The maximum absolute atomic E-state index is 12.0. The molecular weight excluding hydrogens is 306 g/mol. The minimum absolute atomic E-state index is 0.229. The Labute approximate surface area is 131 Å². The summed E-state index contributed by atoms with van der Waals surface area (Å²) in [4.78, 5) is 12.0. The lowest BCUT2D eigenvalue weighted by molar-refractivity contribution is 0.0947. The highest BCUT2D eigenvalue weighted by Crippen LogP contribution is 2.17. The molecule has 3 rings (SSSR count). The topological polar surface area (TPSA) is 88.7 Å². The van der Waals surface area contributed by atoms with Crippen molar-refractivity contribution >= 4 is 17.5 Å². The monoisotopic (exact) mass is 319 g/mol. The summed E-state index contributed by atoms with van der Waals surface area (Å²) in [5, 5.41) is 14.2. The van der Waals surface area contributed by atoms with Crippen LogP contribution in [-0.2, 0) is 6.54 Å². The molecule has 3 aromatic heterocycles. The Morgan fingerprint density at radius 2 is 2.41 bits per heavy atom. The summed E-state index contributed by atoms with van der Waals surface area (Å²) in [6.07, 6.45) is 5.64. The molecule has 0 fully saturated rings. The van der Waals surface area contributed by atoms with Crippen LogP contribution >= 0.6 is 11.6 Å². The van der Waals surface area contributed by atoms with E-state index in [2.05, 4.69) is 20.6 Å². The standard InChI is InChI=1S/C14H14ClN5O2/c15-10-8-17-20(9-10)5-2-4-16-14(21)12-7-11(18-19-12)13-3-1-6-22-13/h1,3,6-9H,2,4-5H2,(H,16,21)(H,18,19). The molecule has 1 amide bonds. The number of amides is 1. The number of carbonyl (C=O) groups excluding carboxylic acids is 1. The van der Waals surface area contributed by atoms with Crippen LogP contribution in [0.1, 0.15) is 16.9 Å². The fraction of sp³-hybridized carbons (Fsp3) is 0.214. The van der Waals surface area contributed by atoms with Gasteiger partial charge in [-0.1, -0.05) is 11.6 Å². The van der Waals surface area contributed by atoms with Gasteiger partial charge in [-0.3, -0.25) is 14.6 Å². The second-order valence-corrected chi connectivity index (χ2v) is 5.11. The first-order chi connectivity index (χ1) is 10.7. The highest BCUT2D eigenvalue weighted by molar-refractivity contribution is 6.30. The van der Waals surface area contributed by atoms with Crippen LogP contribution in [0.2, 0.25) is 5.02 Å². The van der Waals surface area contributed by atoms with Crippen LogP contribution < -0.4 is 5.32 Å². The fourth-order valence-electron chi connectivity index (χ4n) is 1.99. The van der Waals surface area contributed by atoms with E-state index in [0.717, 1.165) is 6.42 Å². The quantitative estimate of drug-likeness (QED) is 0.682. The van der Waals surface area contributed by atoms with Gasteiger partial charge in [-0.2, -0.15) is 10.2 Å². The molecule has 0 bridgehead atoms. The van der Waals surface area contributed by atoms with Crippen molar-refractivity contribution in [3.63, 3.8) is 0 Å². The van der Waals surface area contributed by atoms with E-state index >= 15 is 0 Å². The summed E-state index contributed by atoms with van der Waals surface area (Å²) in [5.74, 6) is 0.412. The molecule has 8 heteroatoms. The van der Waals surface area contributed by atoms with Crippen molar-refractivity contribution in [3.8, 4) is 11.5 Å². The number of hydrogen-bond acceptors (Lipinski definition) is 4. The van der Waals surface area contributed by atoms with Gasteiger partial charge in [0.15, 0.2) is 11.5 Å². The van der Waals surface area contributed by atoms with Gasteiger partial charge in [-0.05, 0) is 18.6 Å². The van der Waals surface area contributed by atoms with Gasteiger partial charge in [0.05, 0.1) is 17.5 Å². The molecule has 3 heterocycles. The van der Waals surface area contributed by atoms with Gasteiger partial charge >= 0.3 is 0 Å². The molecule has 0 unspecified atom stereocenters. The predicted molar refractivity (Wildman–Crippen MR) is 80.5 cm³/mol. The highest BCUT2D eigenvalue weighted by Gasteiger charge is 2.12. The molecule has 0 aliphatic carbocycles. The van der Waals surface area contributed by atoms with Crippen LogP contribution in [0.3, 0.4) is 0 Å². The Kier molecular flexibility index (Phi) is 4.24. The van der Waals surface area contributed by atoms with Gasteiger partial charge in [-0.15, -0.1) is 0 Å². The Morgan fingerprint density at radius 1 is 1.50 bits per heavy atom. The maximum Gasteiger partial charge on any atom is 0.271 e. The van der Waals surface area contributed by atoms with E-state index in [1.165, 1.54) is 0 Å². The van der Waals surface area contributed by atoms with Gasteiger partial charge < -0.3 is 9.73 Å². The Balaban J connectivity index is 1.48. The number of aromatic amines is 1. The molecule has 0 aliphatic heterocycles. The third-order valence-electron chi connectivity index (χ3n) is 3.05. The molecule has 2 N–H and O–H groups in total. The summed E-state index contributed by atoms with van der Waals surface area (Å²) in [6, 6.07) is 5.23. The first-order valence-corrected chi connectivity index (χ1v) is 7.15. The van der Waals surface area contributed by atoms with Gasteiger partial charge in [-0.25, -0.2) is 0 Å². The average molecular weight is 320 g/mol. The summed E-state index contributed by atoms with van der Waals surface area (Å²) < 4.78 is 6.97. The largest absolute Gasteiger partial charge is 0.463 e. The van der Waals surface area contributed by atoms with Crippen molar-refractivity contribution in [1.82, 2.24) is 25.3 Å². The second kappa shape index (κ2) is 6.48. The van der Waals surface area contributed by atoms with E-state index in [0.29, 0.717) is 35.3 Å². The molecule has 0 radical (unpaired) electrons. The predicted octanol–water partition coefficient (Wildman–Crippen LogP) is 2.34. The summed E-state index contributed by atoms with van der Waals surface area (Å²) in [5.41, 5.74) is 0.995.